The molecule has 1 aromatic rings. The molecule has 1 aliphatic rings. The number of halogens is 3. The van der Waals surface area contributed by atoms with Crippen LogP contribution in [0.1, 0.15) is 31.2 Å². The Morgan fingerprint density at radius 3 is 2.89 bits per heavy atom. The highest BCUT2D eigenvalue weighted by Crippen LogP contribution is 2.24. The zero-order chi connectivity index (χ0) is 13.7. The van der Waals surface area contributed by atoms with E-state index in [4.69, 9.17) is 4.74 Å². The van der Waals surface area contributed by atoms with Gasteiger partial charge in [-0.25, -0.2) is 0 Å². The summed E-state index contributed by atoms with van der Waals surface area (Å²) in [6.07, 6.45) is 2.54. The summed E-state index contributed by atoms with van der Waals surface area (Å²) in [6, 6.07) is 2.22. The van der Waals surface area contributed by atoms with E-state index in [0.717, 1.165) is 31.4 Å². The van der Waals surface area contributed by atoms with Crippen LogP contribution >= 0.6 is 0 Å². The SMILES string of the molecule is FC(F)(F)COC1CCCC(NCc2cc[nH]c2)C1. The first-order valence-electron chi connectivity index (χ1n) is 6.56. The van der Waals surface area contributed by atoms with Gasteiger partial charge in [0.2, 0.25) is 0 Å². The maximum atomic E-state index is 12.1. The van der Waals surface area contributed by atoms with E-state index < -0.39 is 12.8 Å². The second-order valence-corrected chi connectivity index (χ2v) is 5.01. The van der Waals surface area contributed by atoms with Crippen molar-refractivity contribution >= 4 is 0 Å². The highest BCUT2D eigenvalue weighted by atomic mass is 19.4. The summed E-state index contributed by atoms with van der Waals surface area (Å²) < 4.78 is 41.2. The average molecular weight is 276 g/mol. The second kappa shape index (κ2) is 6.43. The molecule has 108 valence electrons. The molecule has 2 atom stereocenters. The summed E-state index contributed by atoms with van der Waals surface area (Å²) in [5.41, 5.74) is 1.15. The molecule has 6 heteroatoms. The lowest BCUT2D eigenvalue weighted by molar-refractivity contribution is -0.188. The molecule has 2 rings (SSSR count). The molecule has 0 amide bonds. The second-order valence-electron chi connectivity index (χ2n) is 5.01. The van der Waals surface area contributed by atoms with E-state index in [1.165, 1.54) is 0 Å². The van der Waals surface area contributed by atoms with E-state index in [0.29, 0.717) is 6.42 Å². The molecular formula is C13H19F3N2O. The molecule has 0 aliphatic heterocycles. The van der Waals surface area contributed by atoms with Gasteiger partial charge in [0, 0.05) is 25.0 Å². The van der Waals surface area contributed by atoms with Gasteiger partial charge in [-0.1, -0.05) is 0 Å². The third-order valence-corrected chi connectivity index (χ3v) is 3.37. The van der Waals surface area contributed by atoms with Gasteiger partial charge in [0.1, 0.15) is 6.61 Å². The van der Waals surface area contributed by atoms with Gasteiger partial charge in [0.25, 0.3) is 0 Å². The van der Waals surface area contributed by atoms with Gasteiger partial charge in [-0.3, -0.25) is 0 Å². The molecule has 3 nitrogen and oxygen atoms in total. The maximum Gasteiger partial charge on any atom is 0.411 e. The van der Waals surface area contributed by atoms with Gasteiger partial charge in [-0.2, -0.15) is 13.2 Å². The van der Waals surface area contributed by atoms with E-state index in [1.807, 2.05) is 18.5 Å². The number of rotatable bonds is 5. The molecule has 0 bridgehead atoms. The molecule has 1 heterocycles. The molecule has 1 saturated carbocycles. The number of alkyl halides is 3. The van der Waals surface area contributed by atoms with Gasteiger partial charge in [-0.05, 0) is 37.3 Å². The molecule has 1 aromatic heterocycles. The number of hydrogen-bond donors (Lipinski definition) is 2. The molecule has 2 N–H and O–H groups in total. The van der Waals surface area contributed by atoms with Crippen molar-refractivity contribution in [2.75, 3.05) is 6.61 Å². The quantitative estimate of drug-likeness (QED) is 0.867. The van der Waals surface area contributed by atoms with Crippen LogP contribution in [0.25, 0.3) is 0 Å². The minimum Gasteiger partial charge on any atom is -0.369 e. The summed E-state index contributed by atoms with van der Waals surface area (Å²) >= 11 is 0. The number of H-pyrrole nitrogens is 1. The lowest BCUT2D eigenvalue weighted by Crippen LogP contribution is -2.37. The Bertz CT molecular complexity index is 364. The smallest absolute Gasteiger partial charge is 0.369 e. The Balaban J connectivity index is 1.71. The Labute approximate surface area is 110 Å². The Hall–Kier alpha value is -1.01. The number of hydrogen-bond acceptors (Lipinski definition) is 2. The van der Waals surface area contributed by atoms with Gasteiger partial charge in [0.15, 0.2) is 0 Å². The molecule has 0 radical (unpaired) electrons. The van der Waals surface area contributed by atoms with Crippen molar-refractivity contribution in [2.24, 2.45) is 0 Å². The van der Waals surface area contributed by atoms with E-state index in [-0.39, 0.29) is 12.1 Å². The van der Waals surface area contributed by atoms with Crippen molar-refractivity contribution in [3.8, 4) is 0 Å². The number of nitrogens with one attached hydrogen (secondary N) is 2. The zero-order valence-electron chi connectivity index (χ0n) is 10.7. The lowest BCUT2D eigenvalue weighted by atomic mass is 9.92. The fraction of sp³-hybridized carbons (Fsp3) is 0.692. The van der Waals surface area contributed by atoms with Gasteiger partial charge >= 0.3 is 6.18 Å². The van der Waals surface area contributed by atoms with E-state index >= 15 is 0 Å². The summed E-state index contributed by atoms with van der Waals surface area (Å²) in [4.78, 5) is 2.97. The number of aromatic amines is 1. The largest absolute Gasteiger partial charge is 0.411 e. The third-order valence-electron chi connectivity index (χ3n) is 3.37. The molecule has 1 aliphatic carbocycles. The predicted octanol–water partition coefficient (Wildman–Crippen LogP) is 2.99. The summed E-state index contributed by atoms with van der Waals surface area (Å²) in [5, 5.41) is 3.37. The van der Waals surface area contributed by atoms with Crippen molar-refractivity contribution in [2.45, 2.75) is 50.6 Å². The molecule has 0 spiro atoms. The Kier molecular flexibility index (Phi) is 4.87. The molecular weight excluding hydrogens is 257 g/mol. The van der Waals surface area contributed by atoms with Crippen molar-refractivity contribution < 1.29 is 17.9 Å². The molecule has 19 heavy (non-hydrogen) atoms. The maximum absolute atomic E-state index is 12.1. The topological polar surface area (TPSA) is 37.0 Å². The normalized spacial score (nSPS) is 24.6. The van der Waals surface area contributed by atoms with Gasteiger partial charge in [0.05, 0.1) is 6.10 Å². The van der Waals surface area contributed by atoms with Crippen molar-refractivity contribution in [3.05, 3.63) is 24.0 Å². The van der Waals surface area contributed by atoms with E-state index in [2.05, 4.69) is 10.3 Å². The Morgan fingerprint density at radius 1 is 1.37 bits per heavy atom. The predicted molar refractivity (Wildman–Crippen MR) is 65.7 cm³/mol. The fourth-order valence-corrected chi connectivity index (χ4v) is 2.42. The van der Waals surface area contributed by atoms with Crippen molar-refractivity contribution in [3.63, 3.8) is 0 Å². The van der Waals surface area contributed by atoms with Crippen LogP contribution < -0.4 is 5.32 Å². The van der Waals surface area contributed by atoms with Crippen LogP contribution in [0.15, 0.2) is 18.5 Å². The third kappa shape index (κ3) is 5.24. The van der Waals surface area contributed by atoms with Crippen molar-refractivity contribution in [1.29, 1.82) is 0 Å². The van der Waals surface area contributed by atoms with Crippen LogP contribution in [-0.4, -0.2) is 29.9 Å². The molecule has 1 fully saturated rings. The first-order chi connectivity index (χ1) is 9.03. The van der Waals surface area contributed by atoms with Crippen LogP contribution in [0.5, 0.6) is 0 Å². The van der Waals surface area contributed by atoms with Crippen molar-refractivity contribution in [1.82, 2.24) is 10.3 Å². The van der Waals surface area contributed by atoms with Gasteiger partial charge in [-0.15, -0.1) is 0 Å². The monoisotopic (exact) mass is 276 g/mol. The van der Waals surface area contributed by atoms with E-state index in [9.17, 15) is 13.2 Å². The van der Waals surface area contributed by atoms with Gasteiger partial charge < -0.3 is 15.0 Å². The summed E-state index contributed by atoms with van der Waals surface area (Å²) in [7, 11) is 0. The van der Waals surface area contributed by atoms with Crippen LogP contribution in [0.4, 0.5) is 13.2 Å². The zero-order valence-corrected chi connectivity index (χ0v) is 10.7. The van der Waals surface area contributed by atoms with E-state index in [1.54, 1.807) is 0 Å². The van der Waals surface area contributed by atoms with Crippen LogP contribution in [0.3, 0.4) is 0 Å². The molecule has 0 saturated heterocycles. The molecule has 0 aromatic carbocycles. The lowest BCUT2D eigenvalue weighted by Gasteiger charge is -2.30. The first kappa shape index (κ1) is 14.4. The number of ether oxygens (including phenoxy) is 1. The van der Waals surface area contributed by atoms with Crippen LogP contribution in [-0.2, 0) is 11.3 Å². The van der Waals surface area contributed by atoms with Crippen LogP contribution in [0.2, 0.25) is 0 Å². The summed E-state index contributed by atoms with van der Waals surface area (Å²) in [5.74, 6) is 0. The fourth-order valence-electron chi connectivity index (χ4n) is 2.42. The molecule has 2 unspecified atom stereocenters. The number of aromatic nitrogens is 1. The summed E-state index contributed by atoms with van der Waals surface area (Å²) in [6.45, 7) is -0.400. The Morgan fingerprint density at radius 2 is 2.21 bits per heavy atom. The minimum absolute atomic E-state index is 0.238. The standard InChI is InChI=1S/C13H19F3N2O/c14-13(15,16)9-19-12-3-1-2-11(6-12)18-8-10-4-5-17-7-10/h4-5,7,11-12,17-18H,1-3,6,8-9H2. The minimum atomic E-state index is -4.23. The highest BCUT2D eigenvalue weighted by Gasteiger charge is 2.31. The highest BCUT2D eigenvalue weighted by molar-refractivity contribution is 5.07. The average Bonchev–Trinajstić information content (AvgIpc) is 2.87. The first-order valence-corrected chi connectivity index (χ1v) is 6.56. The van der Waals surface area contributed by atoms with Crippen LogP contribution in [0, 0.1) is 0 Å².